The van der Waals surface area contributed by atoms with Crippen molar-refractivity contribution in [3.8, 4) is 0 Å². The molecule has 2 rings (SSSR count). The minimum atomic E-state index is -3.46. The summed E-state index contributed by atoms with van der Waals surface area (Å²) in [5, 5.41) is 0. The first kappa shape index (κ1) is 13.9. The van der Waals surface area contributed by atoms with Gasteiger partial charge in [0.25, 0.3) is 0 Å². The zero-order valence-electron chi connectivity index (χ0n) is 10.4. The van der Waals surface area contributed by atoms with Crippen LogP contribution >= 0.6 is 11.6 Å². The van der Waals surface area contributed by atoms with Gasteiger partial charge in [0.05, 0.1) is 23.0 Å². The molecule has 0 saturated carbocycles. The Bertz CT molecular complexity index is 524. The maximum Gasteiger partial charge on any atom is 0.244 e. The molecular weight excluding hydrogens is 276 g/mol. The predicted octanol–water partition coefficient (Wildman–Crippen LogP) is 1.55. The molecule has 0 aromatic carbocycles. The van der Waals surface area contributed by atoms with E-state index in [1.165, 1.54) is 10.5 Å². The van der Waals surface area contributed by atoms with Crippen LogP contribution in [0.5, 0.6) is 0 Å². The van der Waals surface area contributed by atoms with Gasteiger partial charge in [0.2, 0.25) is 10.0 Å². The Labute approximate surface area is 112 Å². The minimum Gasteiger partial charge on any atom is -0.373 e. The van der Waals surface area contributed by atoms with Crippen molar-refractivity contribution >= 4 is 21.6 Å². The van der Waals surface area contributed by atoms with Crippen LogP contribution in [-0.2, 0) is 20.6 Å². The monoisotopic (exact) mass is 292 g/mol. The van der Waals surface area contributed by atoms with E-state index in [0.717, 1.165) is 0 Å². The van der Waals surface area contributed by atoms with Crippen LogP contribution in [0, 0.1) is 0 Å². The Kier molecular flexibility index (Phi) is 3.73. The van der Waals surface area contributed by atoms with Gasteiger partial charge in [-0.3, -0.25) is 0 Å². The van der Waals surface area contributed by atoms with Gasteiger partial charge in [-0.25, -0.2) is 8.42 Å². The van der Waals surface area contributed by atoms with Crippen molar-refractivity contribution in [3.63, 3.8) is 0 Å². The van der Waals surface area contributed by atoms with Crippen LogP contribution < -0.4 is 0 Å². The maximum absolute atomic E-state index is 12.4. The van der Waals surface area contributed by atoms with Gasteiger partial charge in [-0.2, -0.15) is 4.31 Å². The fourth-order valence-corrected chi connectivity index (χ4v) is 3.72. The number of hydrogen-bond donors (Lipinski definition) is 1. The van der Waals surface area contributed by atoms with Crippen LogP contribution in [0.15, 0.2) is 17.2 Å². The third-order valence-electron chi connectivity index (χ3n) is 2.89. The van der Waals surface area contributed by atoms with Crippen molar-refractivity contribution < 1.29 is 13.2 Å². The summed E-state index contributed by atoms with van der Waals surface area (Å²) < 4.78 is 31.8. The molecule has 5 nitrogen and oxygen atoms in total. The van der Waals surface area contributed by atoms with Crippen LogP contribution in [0.3, 0.4) is 0 Å². The number of ether oxygens (including phenoxy) is 1. The molecule has 0 radical (unpaired) electrons. The number of alkyl halides is 1. The lowest BCUT2D eigenvalue weighted by Crippen LogP contribution is -2.50. The number of halogens is 1. The molecule has 1 N–H and O–H groups in total. The maximum atomic E-state index is 12.4. The van der Waals surface area contributed by atoms with Crippen LogP contribution in [0.4, 0.5) is 0 Å². The van der Waals surface area contributed by atoms with E-state index >= 15 is 0 Å². The highest BCUT2D eigenvalue weighted by atomic mass is 35.5. The molecule has 7 heteroatoms. The van der Waals surface area contributed by atoms with E-state index in [0.29, 0.717) is 25.4 Å². The average Bonchev–Trinajstić information content (AvgIpc) is 2.76. The Morgan fingerprint density at radius 3 is 2.83 bits per heavy atom. The van der Waals surface area contributed by atoms with Crippen molar-refractivity contribution in [1.82, 2.24) is 9.29 Å². The van der Waals surface area contributed by atoms with Crippen molar-refractivity contribution in [2.45, 2.75) is 30.2 Å². The number of nitrogens with zero attached hydrogens (tertiary/aromatic N) is 1. The Morgan fingerprint density at radius 1 is 1.56 bits per heavy atom. The number of aromatic nitrogens is 1. The number of morpholine rings is 1. The van der Waals surface area contributed by atoms with Gasteiger partial charge in [0.1, 0.15) is 0 Å². The van der Waals surface area contributed by atoms with E-state index in [-0.39, 0.29) is 10.8 Å². The Morgan fingerprint density at radius 2 is 2.28 bits per heavy atom. The number of nitrogens with one attached hydrogen (secondary N) is 1. The van der Waals surface area contributed by atoms with E-state index < -0.39 is 15.6 Å². The molecule has 0 aliphatic carbocycles. The quantitative estimate of drug-likeness (QED) is 0.860. The van der Waals surface area contributed by atoms with E-state index in [4.69, 9.17) is 16.3 Å². The molecule has 0 atom stereocenters. The van der Waals surface area contributed by atoms with Crippen molar-refractivity contribution in [1.29, 1.82) is 0 Å². The summed E-state index contributed by atoms with van der Waals surface area (Å²) >= 11 is 5.66. The minimum absolute atomic E-state index is 0.260. The molecule has 1 saturated heterocycles. The summed E-state index contributed by atoms with van der Waals surface area (Å²) in [6, 6.07) is 1.57. The number of hydrogen-bond acceptors (Lipinski definition) is 3. The summed E-state index contributed by atoms with van der Waals surface area (Å²) in [5.41, 5.74) is 0.250. The van der Waals surface area contributed by atoms with Crippen LogP contribution in [0.25, 0.3) is 0 Å². The first-order valence-electron chi connectivity index (χ1n) is 5.72. The normalized spacial score (nSPS) is 21.1. The van der Waals surface area contributed by atoms with Crippen LogP contribution in [0.2, 0.25) is 0 Å². The highest BCUT2D eigenvalue weighted by Crippen LogP contribution is 2.24. The molecule has 0 spiro atoms. The highest BCUT2D eigenvalue weighted by molar-refractivity contribution is 7.89. The lowest BCUT2D eigenvalue weighted by atomic mass is 10.1. The van der Waals surface area contributed by atoms with Gasteiger partial charge in [-0.15, -0.1) is 11.6 Å². The molecule has 0 amide bonds. The molecule has 0 bridgehead atoms. The number of sulfonamides is 1. The second kappa shape index (κ2) is 4.85. The van der Waals surface area contributed by atoms with Crippen molar-refractivity contribution in [3.05, 3.63) is 18.0 Å². The molecule has 2 heterocycles. The average molecular weight is 293 g/mol. The molecular formula is C11H17ClN2O3S. The lowest BCUT2D eigenvalue weighted by Gasteiger charge is -2.37. The lowest BCUT2D eigenvalue weighted by molar-refractivity contribution is -0.0640. The molecule has 1 aliphatic rings. The molecule has 0 unspecified atom stereocenters. The second-order valence-corrected chi connectivity index (χ2v) is 7.15. The van der Waals surface area contributed by atoms with Crippen LogP contribution in [0.1, 0.15) is 19.5 Å². The SMILES string of the molecule is CC1(C)CN(S(=O)(=O)c2c[nH]c(CCl)c2)CCO1. The van der Waals surface area contributed by atoms with Crippen LogP contribution in [-0.4, -0.2) is 43.0 Å². The van der Waals surface area contributed by atoms with E-state index in [9.17, 15) is 8.42 Å². The molecule has 102 valence electrons. The summed E-state index contributed by atoms with van der Waals surface area (Å²) in [4.78, 5) is 3.11. The van der Waals surface area contributed by atoms with Gasteiger partial charge in [-0.05, 0) is 19.9 Å². The summed E-state index contributed by atoms with van der Waals surface area (Å²) in [6.07, 6.45) is 1.48. The van der Waals surface area contributed by atoms with E-state index in [1.54, 1.807) is 6.07 Å². The highest BCUT2D eigenvalue weighted by Gasteiger charge is 2.35. The van der Waals surface area contributed by atoms with Gasteiger partial charge >= 0.3 is 0 Å². The fraction of sp³-hybridized carbons (Fsp3) is 0.636. The van der Waals surface area contributed by atoms with E-state index in [1.807, 2.05) is 13.8 Å². The first-order chi connectivity index (χ1) is 8.35. The van der Waals surface area contributed by atoms with Gasteiger partial charge in [-0.1, -0.05) is 0 Å². The standard InChI is InChI=1S/C11H17ClN2O3S/c1-11(2)8-14(3-4-17-11)18(15,16)10-5-9(6-12)13-7-10/h5,7,13H,3-4,6,8H2,1-2H3. The van der Waals surface area contributed by atoms with Crippen molar-refractivity contribution in [2.75, 3.05) is 19.7 Å². The Balaban J connectivity index is 2.25. The number of aromatic amines is 1. The topological polar surface area (TPSA) is 62.4 Å². The zero-order valence-corrected chi connectivity index (χ0v) is 12.0. The molecule has 1 aromatic rings. The summed E-state index contributed by atoms with van der Waals surface area (Å²) in [5.74, 6) is 0.268. The van der Waals surface area contributed by atoms with Gasteiger partial charge in [0.15, 0.2) is 0 Å². The van der Waals surface area contributed by atoms with E-state index in [2.05, 4.69) is 4.98 Å². The number of rotatable bonds is 3. The first-order valence-corrected chi connectivity index (χ1v) is 7.70. The van der Waals surface area contributed by atoms with Gasteiger partial charge in [0, 0.05) is 25.0 Å². The third kappa shape index (κ3) is 2.71. The predicted molar refractivity (Wildman–Crippen MR) is 69.1 cm³/mol. The fourth-order valence-electron chi connectivity index (χ4n) is 1.97. The Hall–Kier alpha value is -0.560. The zero-order chi connectivity index (χ0) is 13.4. The smallest absolute Gasteiger partial charge is 0.244 e. The molecule has 1 fully saturated rings. The van der Waals surface area contributed by atoms with Gasteiger partial charge < -0.3 is 9.72 Å². The molecule has 18 heavy (non-hydrogen) atoms. The molecule has 1 aromatic heterocycles. The summed E-state index contributed by atoms with van der Waals surface area (Å²) in [7, 11) is -3.46. The second-order valence-electron chi connectivity index (χ2n) is 4.94. The largest absolute Gasteiger partial charge is 0.373 e. The van der Waals surface area contributed by atoms with Crippen molar-refractivity contribution in [2.24, 2.45) is 0 Å². The molecule has 1 aliphatic heterocycles. The number of H-pyrrole nitrogens is 1. The summed E-state index contributed by atoms with van der Waals surface area (Å²) in [6.45, 7) is 4.93. The third-order valence-corrected chi connectivity index (χ3v) is 5.00.